The topological polar surface area (TPSA) is 54.3 Å². The van der Waals surface area contributed by atoms with E-state index < -0.39 is 11.8 Å². The maximum absolute atomic E-state index is 14.2. The van der Waals surface area contributed by atoms with Crippen molar-refractivity contribution in [3.05, 3.63) is 93.0 Å². The van der Waals surface area contributed by atoms with Crippen LogP contribution in [0, 0.1) is 19.7 Å². The summed E-state index contributed by atoms with van der Waals surface area (Å²) in [6.07, 6.45) is 0. The number of halogens is 2. The first-order valence-electron chi connectivity index (χ1n) is 8.99. The average molecular weight is 401 g/mol. The average Bonchev–Trinajstić information content (AvgIpc) is 2.89. The summed E-state index contributed by atoms with van der Waals surface area (Å²) >= 11 is 6.16. The number of carboxylic acid groups (broad SMARTS) is 1. The molecule has 2 aromatic carbocycles. The van der Waals surface area contributed by atoms with E-state index in [0.29, 0.717) is 34.9 Å². The molecule has 146 valence electrons. The van der Waals surface area contributed by atoms with Crippen molar-refractivity contribution in [3.8, 4) is 0 Å². The van der Waals surface area contributed by atoms with Gasteiger partial charge in [0.05, 0.1) is 12.1 Å². The molecule has 3 aromatic rings. The number of hydrogen-bond acceptors (Lipinski definition) is 2. The molecule has 0 saturated carbocycles. The molecule has 0 radical (unpaired) electrons. The molecule has 28 heavy (non-hydrogen) atoms. The molecule has 1 heterocycles. The SMILES string of the molecule is Cc1c(CNCc2ccccc2)c(C(=O)O)c(C)n1Cc1c(F)cccc1Cl. The second-order valence-corrected chi connectivity index (χ2v) is 7.11. The van der Waals surface area contributed by atoms with Gasteiger partial charge in [-0.2, -0.15) is 0 Å². The van der Waals surface area contributed by atoms with Crippen LogP contribution in [0.25, 0.3) is 0 Å². The van der Waals surface area contributed by atoms with E-state index in [0.717, 1.165) is 11.3 Å². The summed E-state index contributed by atoms with van der Waals surface area (Å²) < 4.78 is 16.0. The summed E-state index contributed by atoms with van der Waals surface area (Å²) in [5.74, 6) is -1.39. The molecule has 0 unspecified atom stereocenters. The lowest BCUT2D eigenvalue weighted by Gasteiger charge is -2.12. The zero-order valence-electron chi connectivity index (χ0n) is 15.8. The third-order valence-corrected chi connectivity index (χ3v) is 5.33. The molecule has 0 amide bonds. The number of benzene rings is 2. The second-order valence-electron chi connectivity index (χ2n) is 6.71. The maximum atomic E-state index is 14.2. The quantitative estimate of drug-likeness (QED) is 0.591. The van der Waals surface area contributed by atoms with Crippen LogP contribution in [-0.4, -0.2) is 15.6 Å². The van der Waals surface area contributed by atoms with Gasteiger partial charge in [-0.05, 0) is 31.5 Å². The number of rotatable bonds is 7. The Hall–Kier alpha value is -2.63. The van der Waals surface area contributed by atoms with Crippen LogP contribution in [0.15, 0.2) is 48.5 Å². The first-order valence-corrected chi connectivity index (χ1v) is 9.37. The minimum absolute atomic E-state index is 0.183. The van der Waals surface area contributed by atoms with Gasteiger partial charge in [0, 0.05) is 40.6 Å². The minimum atomic E-state index is -0.990. The van der Waals surface area contributed by atoms with Crippen LogP contribution >= 0.6 is 11.6 Å². The molecule has 0 aliphatic heterocycles. The largest absolute Gasteiger partial charge is 0.478 e. The molecule has 0 aliphatic rings. The van der Waals surface area contributed by atoms with Crippen LogP contribution in [0.3, 0.4) is 0 Å². The van der Waals surface area contributed by atoms with Crippen molar-refractivity contribution < 1.29 is 14.3 Å². The van der Waals surface area contributed by atoms with E-state index in [1.165, 1.54) is 6.07 Å². The number of nitrogens with zero attached hydrogens (tertiary/aromatic N) is 1. The van der Waals surface area contributed by atoms with E-state index in [4.69, 9.17) is 11.6 Å². The van der Waals surface area contributed by atoms with Crippen LogP contribution in [0.1, 0.15) is 38.4 Å². The summed E-state index contributed by atoms with van der Waals surface area (Å²) in [5.41, 5.74) is 3.80. The van der Waals surface area contributed by atoms with Crippen molar-refractivity contribution in [1.82, 2.24) is 9.88 Å². The fourth-order valence-electron chi connectivity index (χ4n) is 3.46. The smallest absolute Gasteiger partial charge is 0.337 e. The van der Waals surface area contributed by atoms with Crippen LogP contribution in [0.4, 0.5) is 4.39 Å². The van der Waals surface area contributed by atoms with Gasteiger partial charge in [-0.1, -0.05) is 48.0 Å². The van der Waals surface area contributed by atoms with E-state index in [2.05, 4.69) is 5.32 Å². The van der Waals surface area contributed by atoms with Gasteiger partial charge < -0.3 is 15.0 Å². The van der Waals surface area contributed by atoms with Crippen molar-refractivity contribution in [2.45, 2.75) is 33.5 Å². The summed E-state index contributed by atoms with van der Waals surface area (Å²) in [6.45, 7) is 4.81. The molecular weight excluding hydrogens is 379 g/mol. The molecule has 4 nitrogen and oxygen atoms in total. The lowest BCUT2D eigenvalue weighted by molar-refractivity contribution is 0.0694. The third-order valence-electron chi connectivity index (χ3n) is 4.98. The molecule has 0 spiro atoms. The number of carbonyl (C=O) groups is 1. The first-order chi connectivity index (χ1) is 13.4. The Morgan fingerprint density at radius 3 is 2.39 bits per heavy atom. The van der Waals surface area contributed by atoms with Gasteiger partial charge in [0.15, 0.2) is 0 Å². The monoisotopic (exact) mass is 400 g/mol. The summed E-state index contributed by atoms with van der Waals surface area (Å²) in [6, 6.07) is 14.4. The first kappa shape index (κ1) is 20.1. The highest BCUT2D eigenvalue weighted by molar-refractivity contribution is 6.31. The van der Waals surface area contributed by atoms with Crippen LogP contribution < -0.4 is 5.32 Å². The highest BCUT2D eigenvalue weighted by Gasteiger charge is 2.23. The standard InChI is InChI=1S/C22H22ClFN2O2/c1-14-17(12-25-11-16-7-4-3-5-8-16)21(22(27)28)15(2)26(14)13-18-19(23)9-6-10-20(18)24/h3-10,25H,11-13H2,1-2H3,(H,27,28). The number of hydrogen-bond donors (Lipinski definition) is 2. The molecule has 3 rings (SSSR count). The number of carboxylic acids is 1. The Kier molecular flexibility index (Phi) is 6.17. The van der Waals surface area contributed by atoms with E-state index in [-0.39, 0.29) is 12.1 Å². The third kappa shape index (κ3) is 4.11. The maximum Gasteiger partial charge on any atom is 0.337 e. The van der Waals surface area contributed by atoms with Crippen molar-refractivity contribution in [2.24, 2.45) is 0 Å². The Labute approximate surface area is 168 Å². The van der Waals surface area contributed by atoms with Crippen molar-refractivity contribution in [2.75, 3.05) is 0 Å². The number of aromatic nitrogens is 1. The van der Waals surface area contributed by atoms with E-state index in [1.807, 2.05) is 41.8 Å². The van der Waals surface area contributed by atoms with Gasteiger partial charge >= 0.3 is 5.97 Å². The molecule has 2 N–H and O–H groups in total. The van der Waals surface area contributed by atoms with Gasteiger partial charge in [0.2, 0.25) is 0 Å². The summed E-state index contributed by atoms with van der Waals surface area (Å²) in [5, 5.41) is 13.4. The van der Waals surface area contributed by atoms with Crippen LogP contribution in [0.2, 0.25) is 5.02 Å². The lowest BCUT2D eigenvalue weighted by Crippen LogP contribution is -2.15. The van der Waals surface area contributed by atoms with Crippen molar-refractivity contribution in [3.63, 3.8) is 0 Å². The zero-order chi connectivity index (χ0) is 20.3. The fourth-order valence-corrected chi connectivity index (χ4v) is 3.68. The Balaban J connectivity index is 1.90. The fraction of sp³-hybridized carbons (Fsp3) is 0.227. The molecule has 6 heteroatoms. The molecule has 0 aliphatic carbocycles. The highest BCUT2D eigenvalue weighted by atomic mass is 35.5. The Morgan fingerprint density at radius 2 is 1.75 bits per heavy atom. The molecular formula is C22H22ClFN2O2. The highest BCUT2D eigenvalue weighted by Crippen LogP contribution is 2.27. The minimum Gasteiger partial charge on any atom is -0.478 e. The molecule has 0 atom stereocenters. The molecule has 0 saturated heterocycles. The Bertz CT molecular complexity index is 979. The molecule has 1 aromatic heterocycles. The molecule has 0 bridgehead atoms. The van der Waals surface area contributed by atoms with Crippen LogP contribution in [0.5, 0.6) is 0 Å². The predicted octanol–water partition coefficient (Wildman–Crippen LogP) is 4.93. The normalized spacial score (nSPS) is 11.0. The number of aromatic carboxylic acids is 1. The van der Waals surface area contributed by atoms with Gasteiger partial charge in [-0.3, -0.25) is 0 Å². The number of nitrogens with one attached hydrogen (secondary N) is 1. The summed E-state index contributed by atoms with van der Waals surface area (Å²) in [4.78, 5) is 11.9. The van der Waals surface area contributed by atoms with Gasteiger partial charge in [-0.25, -0.2) is 9.18 Å². The van der Waals surface area contributed by atoms with Crippen molar-refractivity contribution in [1.29, 1.82) is 0 Å². The van der Waals surface area contributed by atoms with E-state index >= 15 is 0 Å². The summed E-state index contributed by atoms with van der Waals surface area (Å²) in [7, 11) is 0. The molecule has 0 fully saturated rings. The van der Waals surface area contributed by atoms with Gasteiger partial charge in [-0.15, -0.1) is 0 Å². The van der Waals surface area contributed by atoms with E-state index in [1.54, 1.807) is 19.1 Å². The zero-order valence-corrected chi connectivity index (χ0v) is 16.6. The van der Waals surface area contributed by atoms with Gasteiger partial charge in [0.25, 0.3) is 0 Å². The second kappa shape index (κ2) is 8.59. The Morgan fingerprint density at radius 1 is 1.04 bits per heavy atom. The predicted molar refractivity (Wildman–Crippen MR) is 108 cm³/mol. The van der Waals surface area contributed by atoms with Crippen LogP contribution in [-0.2, 0) is 19.6 Å². The van der Waals surface area contributed by atoms with E-state index in [9.17, 15) is 14.3 Å². The van der Waals surface area contributed by atoms with Crippen molar-refractivity contribution >= 4 is 17.6 Å². The lowest BCUT2D eigenvalue weighted by atomic mass is 10.1. The van der Waals surface area contributed by atoms with Gasteiger partial charge in [0.1, 0.15) is 5.82 Å².